The molecule has 0 N–H and O–H groups in total. The zero-order valence-electron chi connectivity index (χ0n) is 11.1. The fraction of sp³-hybridized carbons (Fsp3) is 0.429. The first-order valence-electron chi connectivity index (χ1n) is 6.26. The number of carbonyl (C=O) groups excluding carboxylic acids is 2. The van der Waals surface area contributed by atoms with Gasteiger partial charge in [0.15, 0.2) is 0 Å². The molecule has 0 aliphatic carbocycles. The number of hydrogen-bond donors (Lipinski definition) is 0. The third-order valence-electron chi connectivity index (χ3n) is 3.05. The Kier molecular flexibility index (Phi) is 4.16. The highest BCUT2D eigenvalue weighted by Gasteiger charge is 2.24. The van der Waals surface area contributed by atoms with Crippen molar-refractivity contribution in [3.8, 4) is 0 Å². The lowest BCUT2D eigenvalue weighted by Gasteiger charge is -2.28. The van der Waals surface area contributed by atoms with Gasteiger partial charge in [-0.2, -0.15) is 0 Å². The molecule has 5 heteroatoms. The normalized spacial score (nSPS) is 14.2. The smallest absolute Gasteiger partial charge is 0.338 e. The van der Waals surface area contributed by atoms with Gasteiger partial charge in [0.25, 0.3) is 0 Å². The summed E-state index contributed by atoms with van der Waals surface area (Å²) in [6.07, 6.45) is 1.07. The van der Waals surface area contributed by atoms with Gasteiger partial charge in [-0.3, -0.25) is 9.69 Å². The number of fused-ring (bicyclic) bond motifs is 1. The molecule has 1 aromatic rings. The summed E-state index contributed by atoms with van der Waals surface area (Å²) in [6.45, 7) is 2.35. The van der Waals surface area contributed by atoms with Crippen LogP contribution in [0.1, 0.15) is 29.3 Å². The zero-order valence-corrected chi connectivity index (χ0v) is 11.1. The van der Waals surface area contributed by atoms with Crippen LogP contribution < -0.4 is 4.90 Å². The molecule has 1 aliphatic rings. The minimum atomic E-state index is -0.333. The van der Waals surface area contributed by atoms with Crippen LogP contribution in [0.5, 0.6) is 0 Å². The maximum Gasteiger partial charge on any atom is 0.338 e. The molecule has 0 spiro atoms. The first-order valence-corrected chi connectivity index (χ1v) is 6.26. The second-order valence-corrected chi connectivity index (χ2v) is 4.30. The Morgan fingerprint density at radius 3 is 2.84 bits per heavy atom. The predicted molar refractivity (Wildman–Crippen MR) is 70.1 cm³/mol. The number of rotatable bonds is 4. The molecule has 0 atom stereocenters. The monoisotopic (exact) mass is 263 g/mol. The Morgan fingerprint density at radius 1 is 1.37 bits per heavy atom. The van der Waals surface area contributed by atoms with Gasteiger partial charge in [0.05, 0.1) is 12.2 Å². The quantitative estimate of drug-likeness (QED) is 0.776. The van der Waals surface area contributed by atoms with Gasteiger partial charge in [-0.25, -0.2) is 4.79 Å². The van der Waals surface area contributed by atoms with E-state index in [1.54, 1.807) is 37.1 Å². The van der Waals surface area contributed by atoms with Crippen LogP contribution in [0.4, 0.5) is 5.69 Å². The summed E-state index contributed by atoms with van der Waals surface area (Å²) in [5.41, 5.74) is 2.31. The number of ether oxygens (including phenoxy) is 2. The minimum absolute atomic E-state index is 0.0400. The van der Waals surface area contributed by atoms with E-state index >= 15 is 0 Å². The third kappa shape index (κ3) is 2.76. The van der Waals surface area contributed by atoms with Gasteiger partial charge in [0.2, 0.25) is 5.91 Å². The fourth-order valence-electron chi connectivity index (χ4n) is 2.17. The molecule has 2 rings (SSSR count). The van der Waals surface area contributed by atoms with Crippen molar-refractivity contribution in [3.63, 3.8) is 0 Å². The van der Waals surface area contributed by atoms with Gasteiger partial charge >= 0.3 is 5.97 Å². The molecule has 0 aromatic heterocycles. The summed E-state index contributed by atoms with van der Waals surface area (Å²) in [4.78, 5) is 25.1. The van der Waals surface area contributed by atoms with Crippen molar-refractivity contribution in [2.75, 3.05) is 25.3 Å². The van der Waals surface area contributed by atoms with Crippen LogP contribution in [-0.4, -0.2) is 32.3 Å². The van der Waals surface area contributed by atoms with Crippen LogP contribution in [0.25, 0.3) is 0 Å². The molecule has 0 fully saturated rings. The molecule has 0 bridgehead atoms. The molecule has 19 heavy (non-hydrogen) atoms. The lowest BCUT2D eigenvalue weighted by Crippen LogP contribution is -2.36. The second-order valence-electron chi connectivity index (χ2n) is 4.30. The number of carbonyl (C=O) groups is 2. The molecule has 0 unspecified atom stereocenters. The third-order valence-corrected chi connectivity index (χ3v) is 3.05. The van der Waals surface area contributed by atoms with Crippen molar-refractivity contribution < 1.29 is 19.1 Å². The van der Waals surface area contributed by atoms with Gasteiger partial charge in [0.1, 0.15) is 6.73 Å². The average molecular weight is 263 g/mol. The average Bonchev–Trinajstić information content (AvgIpc) is 2.42. The van der Waals surface area contributed by atoms with E-state index in [0.717, 1.165) is 11.3 Å². The molecule has 1 heterocycles. The van der Waals surface area contributed by atoms with Crippen molar-refractivity contribution in [1.82, 2.24) is 0 Å². The first-order chi connectivity index (χ1) is 9.17. The van der Waals surface area contributed by atoms with E-state index in [4.69, 9.17) is 9.47 Å². The van der Waals surface area contributed by atoms with E-state index in [0.29, 0.717) is 25.0 Å². The van der Waals surface area contributed by atoms with E-state index in [1.807, 2.05) is 0 Å². The van der Waals surface area contributed by atoms with E-state index in [1.165, 1.54) is 0 Å². The Bertz CT molecular complexity index is 498. The highest BCUT2D eigenvalue weighted by Crippen LogP contribution is 2.28. The van der Waals surface area contributed by atoms with Crippen LogP contribution in [0.3, 0.4) is 0 Å². The number of methoxy groups -OCH3 is 1. The molecule has 1 aromatic carbocycles. The summed E-state index contributed by atoms with van der Waals surface area (Å²) in [7, 11) is 1.55. The minimum Gasteiger partial charge on any atom is -0.462 e. The van der Waals surface area contributed by atoms with Crippen molar-refractivity contribution in [2.24, 2.45) is 0 Å². The van der Waals surface area contributed by atoms with Gasteiger partial charge < -0.3 is 9.47 Å². The standard InChI is InChI=1S/C14H17NO4/c1-3-19-14(17)11-4-6-12-10(8-11)5-7-13(16)15(12)9-18-2/h4,6,8H,3,5,7,9H2,1-2H3. The van der Waals surface area contributed by atoms with Crippen LogP contribution in [0.2, 0.25) is 0 Å². The molecule has 1 aliphatic heterocycles. The predicted octanol–water partition coefficient (Wildman–Crippen LogP) is 1.75. The summed E-state index contributed by atoms with van der Waals surface area (Å²) >= 11 is 0. The van der Waals surface area contributed by atoms with Gasteiger partial charge in [-0.15, -0.1) is 0 Å². The Labute approximate surface area is 112 Å². The highest BCUT2D eigenvalue weighted by molar-refractivity contribution is 5.97. The molecule has 1 amide bonds. The van der Waals surface area contributed by atoms with Crippen molar-refractivity contribution in [1.29, 1.82) is 0 Å². The number of anilines is 1. The Balaban J connectivity index is 2.30. The number of amides is 1. The van der Waals surface area contributed by atoms with Gasteiger partial charge in [0, 0.05) is 19.2 Å². The van der Waals surface area contributed by atoms with Gasteiger partial charge in [-0.1, -0.05) is 0 Å². The number of esters is 1. The summed E-state index contributed by atoms with van der Waals surface area (Å²) in [6, 6.07) is 5.25. The number of nitrogens with zero attached hydrogens (tertiary/aromatic N) is 1. The molecule has 102 valence electrons. The van der Waals surface area contributed by atoms with Crippen LogP contribution in [0, 0.1) is 0 Å². The molecule has 0 radical (unpaired) electrons. The maximum atomic E-state index is 11.8. The van der Waals surface area contributed by atoms with Crippen molar-refractivity contribution in [3.05, 3.63) is 29.3 Å². The number of benzene rings is 1. The Morgan fingerprint density at radius 2 is 2.16 bits per heavy atom. The SMILES string of the molecule is CCOC(=O)c1ccc2c(c1)CCC(=O)N2COC. The molecule has 0 saturated carbocycles. The highest BCUT2D eigenvalue weighted by atomic mass is 16.5. The number of hydrogen-bond acceptors (Lipinski definition) is 4. The van der Waals surface area contributed by atoms with Crippen LogP contribution >= 0.6 is 0 Å². The van der Waals surface area contributed by atoms with E-state index in [-0.39, 0.29) is 18.6 Å². The first kappa shape index (κ1) is 13.5. The largest absolute Gasteiger partial charge is 0.462 e. The Hall–Kier alpha value is -1.88. The van der Waals surface area contributed by atoms with Crippen molar-refractivity contribution in [2.45, 2.75) is 19.8 Å². The molecular formula is C14H17NO4. The summed E-state index contributed by atoms with van der Waals surface area (Å²) in [5, 5.41) is 0. The molecular weight excluding hydrogens is 246 g/mol. The van der Waals surface area contributed by atoms with E-state index in [2.05, 4.69) is 0 Å². The van der Waals surface area contributed by atoms with Gasteiger partial charge in [-0.05, 0) is 37.1 Å². The van der Waals surface area contributed by atoms with E-state index < -0.39 is 0 Å². The topological polar surface area (TPSA) is 55.8 Å². The fourth-order valence-corrected chi connectivity index (χ4v) is 2.17. The van der Waals surface area contributed by atoms with E-state index in [9.17, 15) is 9.59 Å². The lowest BCUT2D eigenvalue weighted by atomic mass is 9.99. The number of aryl methyl sites for hydroxylation is 1. The second kappa shape index (κ2) is 5.84. The van der Waals surface area contributed by atoms with Crippen LogP contribution in [-0.2, 0) is 20.7 Å². The lowest BCUT2D eigenvalue weighted by molar-refractivity contribution is -0.119. The van der Waals surface area contributed by atoms with Crippen molar-refractivity contribution >= 4 is 17.6 Å². The summed E-state index contributed by atoms with van der Waals surface area (Å²) in [5.74, 6) is -0.293. The zero-order chi connectivity index (χ0) is 13.8. The molecule has 5 nitrogen and oxygen atoms in total. The maximum absolute atomic E-state index is 11.8. The summed E-state index contributed by atoms with van der Waals surface area (Å²) < 4.78 is 10.0. The van der Waals surface area contributed by atoms with Crippen LogP contribution in [0.15, 0.2) is 18.2 Å². The molecule has 0 saturated heterocycles.